The highest BCUT2D eigenvalue weighted by Crippen LogP contribution is 2.35. The Hall–Kier alpha value is -1.94. The quantitative estimate of drug-likeness (QED) is 0.567. The average molecular weight is 399 g/mol. The second-order valence-electron chi connectivity index (χ2n) is 7.44. The SMILES string of the molecule is CCc1cc(C)cc(CC)c1C1=C(O)CC(CCSC2=CCCC=C2)OC1=O. The van der Waals surface area contributed by atoms with Gasteiger partial charge in [-0.25, -0.2) is 4.79 Å². The fraction of sp³-hybridized carbons (Fsp3) is 0.458. The molecule has 1 aliphatic heterocycles. The number of allylic oxidation sites excluding steroid dienone is 3. The molecule has 0 spiro atoms. The van der Waals surface area contributed by atoms with Gasteiger partial charge in [0.05, 0.1) is 0 Å². The predicted octanol–water partition coefficient (Wildman–Crippen LogP) is 6.06. The summed E-state index contributed by atoms with van der Waals surface area (Å²) in [4.78, 5) is 14.1. The van der Waals surface area contributed by atoms with E-state index in [1.807, 2.05) is 0 Å². The summed E-state index contributed by atoms with van der Waals surface area (Å²) in [6, 6.07) is 4.21. The maximum absolute atomic E-state index is 12.8. The predicted molar refractivity (Wildman–Crippen MR) is 118 cm³/mol. The third-order valence-corrected chi connectivity index (χ3v) is 6.39. The smallest absolute Gasteiger partial charge is 0.342 e. The van der Waals surface area contributed by atoms with Crippen LogP contribution < -0.4 is 0 Å². The molecule has 1 atom stereocenters. The number of carbonyl (C=O) groups is 1. The molecular weight excluding hydrogens is 368 g/mol. The second-order valence-corrected chi connectivity index (χ2v) is 8.61. The molecule has 4 heteroatoms. The van der Waals surface area contributed by atoms with Crippen molar-refractivity contribution in [1.82, 2.24) is 0 Å². The standard InChI is InChI=1S/C24H30O3S/c1-4-17-13-16(3)14-18(5-2)22(17)23-21(25)15-19(27-24(23)26)11-12-28-20-9-7-6-8-10-20/h7,9-10,13-14,19,25H,4-6,8,11-12,15H2,1-3H3. The number of benzene rings is 1. The largest absolute Gasteiger partial charge is 0.511 e. The Bertz CT molecular complexity index is 807. The fourth-order valence-corrected chi connectivity index (χ4v) is 4.96. The highest BCUT2D eigenvalue weighted by molar-refractivity contribution is 8.03. The van der Waals surface area contributed by atoms with Crippen molar-refractivity contribution in [3.8, 4) is 0 Å². The molecule has 1 aromatic rings. The molecule has 1 aromatic carbocycles. The van der Waals surface area contributed by atoms with E-state index in [1.54, 1.807) is 11.8 Å². The Balaban J connectivity index is 1.76. The Morgan fingerprint density at radius 1 is 1.18 bits per heavy atom. The average Bonchev–Trinajstić information content (AvgIpc) is 2.68. The van der Waals surface area contributed by atoms with Gasteiger partial charge in [0.25, 0.3) is 0 Å². The van der Waals surface area contributed by atoms with Gasteiger partial charge in [0.15, 0.2) is 0 Å². The van der Waals surface area contributed by atoms with Gasteiger partial charge in [-0.1, -0.05) is 49.8 Å². The Labute approximate surface area is 172 Å². The molecule has 0 saturated carbocycles. The van der Waals surface area contributed by atoms with Crippen LogP contribution in [-0.4, -0.2) is 22.9 Å². The van der Waals surface area contributed by atoms with Crippen LogP contribution in [0.25, 0.3) is 5.57 Å². The molecule has 0 saturated heterocycles. The van der Waals surface area contributed by atoms with Crippen molar-refractivity contribution in [3.63, 3.8) is 0 Å². The zero-order valence-corrected chi connectivity index (χ0v) is 17.9. The maximum atomic E-state index is 12.8. The molecule has 1 unspecified atom stereocenters. The van der Waals surface area contributed by atoms with Gasteiger partial charge in [-0.05, 0) is 55.7 Å². The summed E-state index contributed by atoms with van der Waals surface area (Å²) in [5.41, 5.74) is 4.63. The monoisotopic (exact) mass is 398 g/mol. The first-order valence-electron chi connectivity index (χ1n) is 10.3. The molecule has 0 aromatic heterocycles. The lowest BCUT2D eigenvalue weighted by Crippen LogP contribution is -2.27. The maximum Gasteiger partial charge on any atom is 0.342 e. The Morgan fingerprint density at radius 3 is 2.46 bits per heavy atom. The van der Waals surface area contributed by atoms with E-state index >= 15 is 0 Å². The molecular formula is C24H30O3S. The number of aliphatic hydroxyl groups excluding tert-OH is 1. The lowest BCUT2D eigenvalue weighted by Gasteiger charge is -2.27. The molecule has 28 heavy (non-hydrogen) atoms. The summed E-state index contributed by atoms with van der Waals surface area (Å²) >= 11 is 1.79. The number of cyclic esters (lactones) is 1. The minimum Gasteiger partial charge on any atom is -0.511 e. The van der Waals surface area contributed by atoms with Gasteiger partial charge in [0.2, 0.25) is 0 Å². The first-order chi connectivity index (χ1) is 13.5. The van der Waals surface area contributed by atoms with Gasteiger partial charge < -0.3 is 9.84 Å². The molecule has 0 amide bonds. The van der Waals surface area contributed by atoms with Gasteiger partial charge in [0, 0.05) is 17.1 Å². The Kier molecular flexibility index (Phi) is 7.06. The van der Waals surface area contributed by atoms with Crippen LogP contribution in [0.5, 0.6) is 0 Å². The molecule has 3 nitrogen and oxygen atoms in total. The topological polar surface area (TPSA) is 46.5 Å². The minimum absolute atomic E-state index is 0.177. The number of carbonyl (C=O) groups excluding carboxylic acids is 1. The van der Waals surface area contributed by atoms with E-state index in [0.717, 1.165) is 54.5 Å². The van der Waals surface area contributed by atoms with Crippen LogP contribution >= 0.6 is 11.8 Å². The van der Waals surface area contributed by atoms with Crippen LogP contribution in [0.1, 0.15) is 61.8 Å². The summed E-state index contributed by atoms with van der Waals surface area (Å²) in [7, 11) is 0. The van der Waals surface area contributed by atoms with Crippen molar-refractivity contribution in [2.24, 2.45) is 0 Å². The van der Waals surface area contributed by atoms with Crippen LogP contribution in [0, 0.1) is 6.92 Å². The molecule has 1 heterocycles. The van der Waals surface area contributed by atoms with E-state index in [9.17, 15) is 9.90 Å². The van der Waals surface area contributed by atoms with Crippen molar-refractivity contribution in [2.75, 3.05) is 5.75 Å². The molecule has 3 rings (SSSR count). The van der Waals surface area contributed by atoms with Crippen LogP contribution in [0.2, 0.25) is 0 Å². The van der Waals surface area contributed by atoms with Gasteiger partial charge in [-0.3, -0.25) is 0 Å². The minimum atomic E-state index is -0.385. The van der Waals surface area contributed by atoms with Crippen LogP contribution in [0.3, 0.4) is 0 Å². The molecule has 150 valence electrons. The van der Waals surface area contributed by atoms with E-state index < -0.39 is 0 Å². The van der Waals surface area contributed by atoms with E-state index in [-0.39, 0.29) is 17.8 Å². The number of rotatable bonds is 7. The third-order valence-electron chi connectivity index (χ3n) is 5.31. The van der Waals surface area contributed by atoms with E-state index in [2.05, 4.69) is 51.1 Å². The lowest BCUT2D eigenvalue weighted by atomic mass is 9.87. The van der Waals surface area contributed by atoms with Gasteiger partial charge in [-0.15, -0.1) is 11.8 Å². The lowest BCUT2D eigenvalue weighted by molar-refractivity contribution is -0.143. The highest BCUT2D eigenvalue weighted by atomic mass is 32.2. The molecule has 1 aliphatic carbocycles. The first kappa shape index (κ1) is 20.8. The van der Waals surface area contributed by atoms with Crippen molar-refractivity contribution in [3.05, 3.63) is 63.3 Å². The highest BCUT2D eigenvalue weighted by Gasteiger charge is 2.32. The van der Waals surface area contributed by atoms with Gasteiger partial charge in [0.1, 0.15) is 17.4 Å². The Morgan fingerprint density at radius 2 is 1.89 bits per heavy atom. The van der Waals surface area contributed by atoms with Crippen molar-refractivity contribution >= 4 is 23.3 Å². The van der Waals surface area contributed by atoms with Crippen molar-refractivity contribution in [1.29, 1.82) is 0 Å². The summed E-state index contributed by atoms with van der Waals surface area (Å²) in [5, 5.41) is 10.8. The molecule has 0 bridgehead atoms. The van der Waals surface area contributed by atoms with Crippen molar-refractivity contribution in [2.45, 2.75) is 65.4 Å². The van der Waals surface area contributed by atoms with Crippen molar-refractivity contribution < 1.29 is 14.6 Å². The number of aryl methyl sites for hydroxylation is 3. The summed E-state index contributed by atoms with van der Waals surface area (Å²) in [5.74, 6) is 0.668. The molecule has 0 radical (unpaired) electrons. The van der Waals surface area contributed by atoms with E-state index in [4.69, 9.17) is 4.74 Å². The van der Waals surface area contributed by atoms with Crippen LogP contribution in [-0.2, 0) is 22.4 Å². The number of aliphatic hydroxyl groups is 1. The molecule has 2 aliphatic rings. The fourth-order valence-electron chi connectivity index (χ4n) is 3.92. The van der Waals surface area contributed by atoms with E-state index in [0.29, 0.717) is 12.0 Å². The van der Waals surface area contributed by atoms with E-state index in [1.165, 1.54) is 10.5 Å². The number of ether oxygens (including phenoxy) is 1. The van der Waals surface area contributed by atoms with Gasteiger partial charge >= 0.3 is 5.97 Å². The van der Waals surface area contributed by atoms with Crippen LogP contribution in [0.15, 0.2) is 41.0 Å². The summed E-state index contributed by atoms with van der Waals surface area (Å²) in [6.07, 6.45) is 11.3. The third kappa shape index (κ3) is 4.72. The second kappa shape index (κ2) is 9.51. The summed E-state index contributed by atoms with van der Waals surface area (Å²) < 4.78 is 5.73. The molecule has 0 fully saturated rings. The van der Waals surface area contributed by atoms with Gasteiger partial charge in [-0.2, -0.15) is 0 Å². The number of thioether (sulfide) groups is 1. The molecule has 1 N–H and O–H groups in total. The first-order valence-corrected chi connectivity index (χ1v) is 11.3. The summed E-state index contributed by atoms with van der Waals surface area (Å²) in [6.45, 7) is 6.23. The van der Waals surface area contributed by atoms with Crippen LogP contribution in [0.4, 0.5) is 0 Å². The number of hydrogen-bond donors (Lipinski definition) is 1. The normalized spacial score (nSPS) is 19.6. The zero-order valence-electron chi connectivity index (χ0n) is 17.1. The number of esters is 1. The number of hydrogen-bond acceptors (Lipinski definition) is 4. The zero-order chi connectivity index (χ0) is 20.1.